The number of ether oxygens (including phenoxy) is 1. The Morgan fingerprint density at radius 1 is 1.17 bits per heavy atom. The first-order valence-corrected chi connectivity index (χ1v) is 7.15. The van der Waals surface area contributed by atoms with E-state index in [1.165, 1.54) is 6.07 Å². The van der Waals surface area contributed by atoms with Crippen LogP contribution >= 0.6 is 11.6 Å². The lowest BCUT2D eigenvalue weighted by atomic mass is 10.2. The van der Waals surface area contributed by atoms with Crippen LogP contribution in [0.3, 0.4) is 0 Å². The number of benzene rings is 2. The first-order chi connectivity index (χ1) is 11.0. The number of nitrogens with zero attached hydrogens (tertiary/aromatic N) is 1. The van der Waals surface area contributed by atoms with Gasteiger partial charge in [-0.05, 0) is 29.8 Å². The van der Waals surface area contributed by atoms with E-state index in [0.717, 1.165) is 10.6 Å². The fourth-order valence-corrected chi connectivity index (χ4v) is 2.14. The molecule has 0 fully saturated rings. The van der Waals surface area contributed by atoms with Crippen molar-refractivity contribution in [3.63, 3.8) is 0 Å². The molecule has 0 saturated heterocycles. The van der Waals surface area contributed by atoms with Crippen molar-refractivity contribution < 1.29 is 14.3 Å². The number of rotatable bonds is 5. The second-order valence-corrected chi connectivity index (χ2v) is 5.05. The zero-order valence-electron chi connectivity index (χ0n) is 12.5. The Hall–Kier alpha value is -2.57. The molecule has 0 bridgehead atoms. The topological polar surface area (TPSA) is 84.7 Å². The van der Waals surface area contributed by atoms with Gasteiger partial charge in [-0.15, -0.1) is 0 Å². The summed E-state index contributed by atoms with van der Waals surface area (Å²) in [5, 5.41) is 0.987. The number of hydrogen-bond acceptors (Lipinski definition) is 4. The molecule has 7 heteroatoms. The van der Waals surface area contributed by atoms with Gasteiger partial charge in [-0.3, -0.25) is 4.79 Å². The minimum absolute atomic E-state index is 0.190. The molecule has 0 aromatic heterocycles. The van der Waals surface area contributed by atoms with Crippen molar-refractivity contribution in [2.45, 2.75) is 6.54 Å². The second-order valence-electron chi connectivity index (χ2n) is 4.64. The Balaban J connectivity index is 2.11. The van der Waals surface area contributed by atoms with Crippen LogP contribution < -0.4 is 15.9 Å². The van der Waals surface area contributed by atoms with Crippen molar-refractivity contribution in [1.82, 2.24) is 10.4 Å². The average Bonchev–Trinajstić information content (AvgIpc) is 2.55. The van der Waals surface area contributed by atoms with Crippen molar-refractivity contribution in [3.05, 3.63) is 64.7 Å². The molecule has 2 rings (SSSR count). The van der Waals surface area contributed by atoms with E-state index in [-0.39, 0.29) is 17.1 Å². The SMILES string of the molecule is COc1ccc(CNN(C(N)=O)C(=O)c2ccccc2Cl)cc1. The third kappa shape index (κ3) is 4.21. The summed E-state index contributed by atoms with van der Waals surface area (Å²) in [7, 11) is 1.57. The number of primary amides is 1. The molecule has 0 radical (unpaired) electrons. The normalized spacial score (nSPS) is 10.2. The van der Waals surface area contributed by atoms with E-state index in [2.05, 4.69) is 5.43 Å². The lowest BCUT2D eigenvalue weighted by molar-refractivity contribution is 0.0733. The largest absolute Gasteiger partial charge is 0.497 e. The van der Waals surface area contributed by atoms with Crippen LogP contribution in [0.25, 0.3) is 0 Å². The van der Waals surface area contributed by atoms with Crippen molar-refractivity contribution in [1.29, 1.82) is 0 Å². The summed E-state index contributed by atoms with van der Waals surface area (Å²) >= 11 is 5.98. The van der Waals surface area contributed by atoms with Crippen molar-refractivity contribution >= 4 is 23.5 Å². The van der Waals surface area contributed by atoms with Gasteiger partial charge in [0.25, 0.3) is 5.91 Å². The van der Waals surface area contributed by atoms with Crippen LogP contribution in [-0.4, -0.2) is 24.1 Å². The van der Waals surface area contributed by atoms with Gasteiger partial charge in [-0.2, -0.15) is 5.01 Å². The molecule has 6 nitrogen and oxygen atoms in total. The van der Waals surface area contributed by atoms with Gasteiger partial charge in [0.05, 0.1) is 17.7 Å². The van der Waals surface area contributed by atoms with Crippen LogP contribution in [0, 0.1) is 0 Å². The molecular weight excluding hydrogens is 318 g/mol. The molecule has 0 spiro atoms. The summed E-state index contributed by atoms with van der Waals surface area (Å²) in [6.45, 7) is 0.239. The number of nitrogens with one attached hydrogen (secondary N) is 1. The molecule has 3 N–H and O–H groups in total. The van der Waals surface area contributed by atoms with Gasteiger partial charge in [-0.1, -0.05) is 35.9 Å². The highest BCUT2D eigenvalue weighted by molar-refractivity contribution is 6.34. The molecule has 3 amide bonds. The Labute approximate surface area is 138 Å². The second kappa shape index (κ2) is 7.62. The van der Waals surface area contributed by atoms with E-state index in [4.69, 9.17) is 22.1 Å². The Kier molecular flexibility index (Phi) is 5.56. The summed E-state index contributed by atoms with van der Waals surface area (Å²) in [6, 6.07) is 12.7. The van der Waals surface area contributed by atoms with Crippen LogP contribution in [0.2, 0.25) is 5.02 Å². The van der Waals surface area contributed by atoms with Crippen LogP contribution in [0.15, 0.2) is 48.5 Å². The summed E-state index contributed by atoms with van der Waals surface area (Å²) in [6.07, 6.45) is 0. The fraction of sp³-hybridized carbons (Fsp3) is 0.125. The molecule has 0 aliphatic rings. The predicted octanol–water partition coefficient (Wildman–Crippen LogP) is 2.57. The molecule has 0 saturated carbocycles. The van der Waals surface area contributed by atoms with Crippen LogP contribution in [0.5, 0.6) is 5.75 Å². The highest BCUT2D eigenvalue weighted by atomic mass is 35.5. The number of imide groups is 1. The number of nitrogens with two attached hydrogens (primary N) is 1. The number of carbonyl (C=O) groups excluding carboxylic acids is 2. The zero-order chi connectivity index (χ0) is 16.8. The number of methoxy groups -OCH3 is 1. The molecule has 2 aromatic carbocycles. The first kappa shape index (κ1) is 16.8. The number of hydrogen-bond donors (Lipinski definition) is 2. The van der Waals surface area contributed by atoms with Gasteiger partial charge >= 0.3 is 6.03 Å². The van der Waals surface area contributed by atoms with Gasteiger partial charge in [0.15, 0.2) is 0 Å². The number of amides is 3. The monoisotopic (exact) mass is 333 g/mol. The molecule has 0 atom stereocenters. The van der Waals surface area contributed by atoms with Crippen LogP contribution in [-0.2, 0) is 6.54 Å². The van der Waals surface area contributed by atoms with E-state index in [9.17, 15) is 9.59 Å². The smallest absolute Gasteiger partial charge is 0.336 e. The molecule has 2 aromatic rings. The maximum absolute atomic E-state index is 12.4. The molecule has 23 heavy (non-hydrogen) atoms. The number of hydrazine groups is 1. The number of carbonyl (C=O) groups is 2. The maximum atomic E-state index is 12.4. The van der Waals surface area contributed by atoms with Crippen molar-refractivity contribution in [2.24, 2.45) is 5.73 Å². The summed E-state index contributed by atoms with van der Waals surface area (Å²) < 4.78 is 5.07. The molecule has 0 unspecified atom stereocenters. The Bertz CT molecular complexity index is 704. The molecule has 0 heterocycles. The third-order valence-corrected chi connectivity index (χ3v) is 3.46. The van der Waals surface area contributed by atoms with Gasteiger partial charge < -0.3 is 10.5 Å². The van der Waals surface area contributed by atoms with Crippen LogP contribution in [0.1, 0.15) is 15.9 Å². The van der Waals surface area contributed by atoms with Gasteiger partial charge in [0.1, 0.15) is 5.75 Å². The molecule has 0 aliphatic heterocycles. The van der Waals surface area contributed by atoms with Gasteiger partial charge in [-0.25, -0.2) is 10.2 Å². The van der Waals surface area contributed by atoms with Crippen LogP contribution in [0.4, 0.5) is 4.79 Å². The minimum atomic E-state index is -0.913. The Morgan fingerprint density at radius 3 is 2.39 bits per heavy atom. The van der Waals surface area contributed by atoms with E-state index >= 15 is 0 Å². The van der Waals surface area contributed by atoms with Gasteiger partial charge in [0.2, 0.25) is 0 Å². The number of urea groups is 1. The first-order valence-electron chi connectivity index (χ1n) is 6.77. The molecule has 0 aliphatic carbocycles. The lowest BCUT2D eigenvalue weighted by Crippen LogP contribution is -2.49. The predicted molar refractivity (Wildman–Crippen MR) is 87.0 cm³/mol. The van der Waals surface area contributed by atoms with E-state index in [1.54, 1.807) is 37.4 Å². The fourth-order valence-electron chi connectivity index (χ4n) is 1.92. The van der Waals surface area contributed by atoms with E-state index in [0.29, 0.717) is 5.75 Å². The minimum Gasteiger partial charge on any atom is -0.497 e. The third-order valence-electron chi connectivity index (χ3n) is 3.13. The lowest BCUT2D eigenvalue weighted by Gasteiger charge is -2.20. The summed E-state index contributed by atoms with van der Waals surface area (Å²) in [5.74, 6) is 0.101. The molecular formula is C16H16ClN3O3. The standard InChI is InChI=1S/C16H16ClN3O3/c1-23-12-8-6-11(7-9-12)10-19-20(16(18)22)15(21)13-4-2-3-5-14(13)17/h2-9,19H,10H2,1H3,(H2,18,22). The van der Waals surface area contributed by atoms with Crippen molar-refractivity contribution in [3.8, 4) is 5.75 Å². The highest BCUT2D eigenvalue weighted by Gasteiger charge is 2.22. The summed E-state index contributed by atoms with van der Waals surface area (Å²) in [5.41, 5.74) is 9.02. The summed E-state index contributed by atoms with van der Waals surface area (Å²) in [4.78, 5) is 23.9. The Morgan fingerprint density at radius 2 is 1.83 bits per heavy atom. The maximum Gasteiger partial charge on any atom is 0.336 e. The highest BCUT2D eigenvalue weighted by Crippen LogP contribution is 2.17. The number of halogens is 1. The zero-order valence-corrected chi connectivity index (χ0v) is 13.2. The van der Waals surface area contributed by atoms with Crippen molar-refractivity contribution in [2.75, 3.05) is 7.11 Å². The molecule has 120 valence electrons. The average molecular weight is 334 g/mol. The van der Waals surface area contributed by atoms with Gasteiger partial charge in [0, 0.05) is 6.54 Å². The van der Waals surface area contributed by atoms with E-state index in [1.807, 2.05) is 12.1 Å². The quantitative estimate of drug-likeness (QED) is 0.824. The van der Waals surface area contributed by atoms with E-state index < -0.39 is 11.9 Å².